The van der Waals surface area contributed by atoms with Crippen molar-refractivity contribution >= 4 is 29.9 Å². The van der Waals surface area contributed by atoms with Crippen LogP contribution in [0.25, 0.3) is 0 Å². The first kappa shape index (κ1) is 15.5. The second-order valence-electron chi connectivity index (χ2n) is 4.18. The second-order valence-corrected chi connectivity index (χ2v) is 4.18. The standard InChI is InChI=1S/C12H15N3O5/c1-8(7-16)14-10(18)6-13-9(17)4-5-15-11(19)2-3-12(15)20/h2-3,7-8H,4-6H2,1H3,(H,13,17)(H,14,18)/t8-/m0/s1. The van der Waals surface area contributed by atoms with Crippen LogP contribution in [0.2, 0.25) is 0 Å². The maximum absolute atomic E-state index is 11.4. The van der Waals surface area contributed by atoms with Gasteiger partial charge < -0.3 is 15.4 Å². The Labute approximate surface area is 115 Å². The summed E-state index contributed by atoms with van der Waals surface area (Å²) >= 11 is 0. The number of imide groups is 1. The maximum atomic E-state index is 11.4. The van der Waals surface area contributed by atoms with Crippen LogP contribution in [0, 0.1) is 0 Å². The van der Waals surface area contributed by atoms with Crippen molar-refractivity contribution in [2.24, 2.45) is 0 Å². The Hall–Kier alpha value is -2.51. The van der Waals surface area contributed by atoms with Gasteiger partial charge in [-0.3, -0.25) is 24.1 Å². The van der Waals surface area contributed by atoms with Crippen molar-refractivity contribution in [1.82, 2.24) is 15.5 Å². The molecule has 8 nitrogen and oxygen atoms in total. The third-order valence-electron chi connectivity index (χ3n) is 2.50. The summed E-state index contributed by atoms with van der Waals surface area (Å²) in [5.74, 6) is -1.87. The molecule has 0 bridgehead atoms. The molecule has 1 atom stereocenters. The van der Waals surface area contributed by atoms with Gasteiger partial charge in [0, 0.05) is 25.1 Å². The van der Waals surface area contributed by atoms with Gasteiger partial charge in [-0.15, -0.1) is 0 Å². The smallest absolute Gasteiger partial charge is 0.253 e. The fourth-order valence-electron chi connectivity index (χ4n) is 1.47. The predicted molar refractivity (Wildman–Crippen MR) is 67.2 cm³/mol. The molecule has 0 saturated heterocycles. The lowest BCUT2D eigenvalue weighted by molar-refractivity contribution is -0.137. The fraction of sp³-hybridized carbons (Fsp3) is 0.417. The highest BCUT2D eigenvalue weighted by Crippen LogP contribution is 2.03. The molecule has 1 rings (SSSR count). The van der Waals surface area contributed by atoms with E-state index in [2.05, 4.69) is 10.6 Å². The predicted octanol–water partition coefficient (Wildman–Crippen LogP) is -1.88. The third-order valence-corrected chi connectivity index (χ3v) is 2.50. The van der Waals surface area contributed by atoms with E-state index in [1.165, 1.54) is 6.92 Å². The molecule has 0 spiro atoms. The van der Waals surface area contributed by atoms with Gasteiger partial charge in [-0.25, -0.2) is 0 Å². The van der Waals surface area contributed by atoms with Crippen LogP contribution in [0.4, 0.5) is 0 Å². The van der Waals surface area contributed by atoms with Crippen molar-refractivity contribution in [2.45, 2.75) is 19.4 Å². The zero-order valence-corrected chi connectivity index (χ0v) is 10.9. The van der Waals surface area contributed by atoms with Gasteiger partial charge >= 0.3 is 0 Å². The number of rotatable bonds is 7. The average Bonchev–Trinajstić information content (AvgIpc) is 2.73. The molecule has 0 saturated carbocycles. The number of nitrogens with zero attached hydrogens (tertiary/aromatic N) is 1. The Balaban J connectivity index is 2.24. The van der Waals surface area contributed by atoms with E-state index in [9.17, 15) is 24.0 Å². The summed E-state index contributed by atoms with van der Waals surface area (Å²) in [5.41, 5.74) is 0. The molecule has 0 aromatic carbocycles. The van der Waals surface area contributed by atoms with Gasteiger partial charge in [0.2, 0.25) is 11.8 Å². The molecule has 0 aliphatic carbocycles. The molecule has 20 heavy (non-hydrogen) atoms. The minimum absolute atomic E-state index is 0.0388. The van der Waals surface area contributed by atoms with Crippen LogP contribution in [-0.2, 0) is 24.0 Å². The molecule has 0 aromatic heterocycles. The van der Waals surface area contributed by atoms with E-state index in [-0.39, 0.29) is 19.5 Å². The van der Waals surface area contributed by atoms with Crippen LogP contribution in [0.5, 0.6) is 0 Å². The lowest BCUT2D eigenvalue weighted by Crippen LogP contribution is -2.42. The van der Waals surface area contributed by atoms with Crippen molar-refractivity contribution in [2.75, 3.05) is 13.1 Å². The highest BCUT2D eigenvalue weighted by Gasteiger charge is 2.23. The summed E-state index contributed by atoms with van der Waals surface area (Å²) in [4.78, 5) is 56.4. The van der Waals surface area contributed by atoms with Gasteiger partial charge in [-0.2, -0.15) is 0 Å². The number of amides is 4. The van der Waals surface area contributed by atoms with E-state index in [4.69, 9.17) is 0 Å². The molecule has 0 fully saturated rings. The Bertz CT molecular complexity index is 454. The maximum Gasteiger partial charge on any atom is 0.253 e. The quantitative estimate of drug-likeness (QED) is 0.419. The Morgan fingerprint density at radius 2 is 1.85 bits per heavy atom. The Morgan fingerprint density at radius 1 is 1.25 bits per heavy atom. The normalized spacial score (nSPS) is 15.2. The summed E-state index contributed by atoms with van der Waals surface area (Å²) < 4.78 is 0. The van der Waals surface area contributed by atoms with Gasteiger partial charge in [0.05, 0.1) is 12.6 Å². The second kappa shape index (κ2) is 7.17. The van der Waals surface area contributed by atoms with Crippen molar-refractivity contribution in [3.8, 4) is 0 Å². The van der Waals surface area contributed by atoms with E-state index in [1.54, 1.807) is 0 Å². The summed E-state index contributed by atoms with van der Waals surface area (Å²) in [6, 6.07) is -0.620. The molecule has 108 valence electrons. The summed E-state index contributed by atoms with van der Waals surface area (Å²) in [6.45, 7) is 1.20. The minimum atomic E-state index is -0.620. The number of aldehydes is 1. The highest BCUT2D eigenvalue weighted by atomic mass is 16.2. The zero-order valence-electron chi connectivity index (χ0n) is 10.9. The molecule has 1 heterocycles. The zero-order chi connectivity index (χ0) is 15.1. The molecular weight excluding hydrogens is 266 g/mol. The van der Waals surface area contributed by atoms with Crippen molar-refractivity contribution in [3.05, 3.63) is 12.2 Å². The van der Waals surface area contributed by atoms with E-state index >= 15 is 0 Å². The van der Waals surface area contributed by atoms with E-state index < -0.39 is 29.7 Å². The molecule has 0 aromatic rings. The number of hydrogen-bond donors (Lipinski definition) is 2. The van der Waals surface area contributed by atoms with Crippen molar-refractivity contribution < 1.29 is 24.0 Å². The van der Waals surface area contributed by atoms with Gasteiger partial charge in [0.15, 0.2) is 0 Å². The monoisotopic (exact) mass is 281 g/mol. The van der Waals surface area contributed by atoms with Crippen LogP contribution in [0.3, 0.4) is 0 Å². The molecule has 1 aliphatic heterocycles. The number of hydrogen-bond acceptors (Lipinski definition) is 5. The lowest BCUT2D eigenvalue weighted by Gasteiger charge is -2.13. The molecule has 2 N–H and O–H groups in total. The highest BCUT2D eigenvalue weighted by molar-refractivity contribution is 6.13. The number of carbonyl (C=O) groups excluding carboxylic acids is 5. The average molecular weight is 281 g/mol. The Morgan fingerprint density at radius 3 is 2.40 bits per heavy atom. The molecule has 1 aliphatic rings. The van der Waals surface area contributed by atoms with Crippen LogP contribution >= 0.6 is 0 Å². The first-order chi connectivity index (χ1) is 9.43. The first-order valence-corrected chi connectivity index (χ1v) is 5.99. The molecule has 4 amide bonds. The van der Waals surface area contributed by atoms with Gasteiger partial charge in [0.25, 0.3) is 11.8 Å². The molecule has 0 radical (unpaired) electrons. The van der Waals surface area contributed by atoms with Crippen molar-refractivity contribution in [3.63, 3.8) is 0 Å². The van der Waals surface area contributed by atoms with Gasteiger partial charge in [0.1, 0.15) is 6.29 Å². The van der Waals surface area contributed by atoms with Gasteiger partial charge in [-0.1, -0.05) is 0 Å². The van der Waals surface area contributed by atoms with Crippen LogP contribution in [-0.4, -0.2) is 53.9 Å². The fourth-order valence-corrected chi connectivity index (χ4v) is 1.47. The van der Waals surface area contributed by atoms with Gasteiger partial charge in [-0.05, 0) is 6.92 Å². The number of nitrogens with one attached hydrogen (secondary N) is 2. The van der Waals surface area contributed by atoms with E-state index in [0.717, 1.165) is 17.1 Å². The first-order valence-electron chi connectivity index (χ1n) is 5.99. The summed E-state index contributed by atoms with van der Waals surface area (Å²) in [5, 5.41) is 4.67. The topological polar surface area (TPSA) is 113 Å². The molecule has 0 unspecified atom stereocenters. The lowest BCUT2D eigenvalue weighted by atomic mass is 10.3. The minimum Gasteiger partial charge on any atom is -0.347 e. The summed E-state index contributed by atoms with van der Waals surface area (Å²) in [6.07, 6.45) is 2.75. The van der Waals surface area contributed by atoms with E-state index in [0.29, 0.717) is 6.29 Å². The van der Waals surface area contributed by atoms with Crippen molar-refractivity contribution in [1.29, 1.82) is 0 Å². The SMILES string of the molecule is C[C@@H](C=O)NC(=O)CNC(=O)CCN1C(=O)C=CC1=O. The largest absolute Gasteiger partial charge is 0.347 e. The Kier molecular flexibility index (Phi) is 5.57. The molecule has 8 heteroatoms. The summed E-state index contributed by atoms with van der Waals surface area (Å²) in [7, 11) is 0. The number of carbonyl (C=O) groups is 5. The van der Waals surface area contributed by atoms with Crippen LogP contribution in [0.15, 0.2) is 12.2 Å². The van der Waals surface area contributed by atoms with Crippen LogP contribution in [0.1, 0.15) is 13.3 Å². The van der Waals surface area contributed by atoms with Crippen LogP contribution < -0.4 is 10.6 Å². The van der Waals surface area contributed by atoms with E-state index in [1.807, 2.05) is 0 Å². The third kappa shape index (κ3) is 4.63. The molecular formula is C12H15N3O5.